The minimum atomic E-state index is -0.962. The molecule has 0 fully saturated rings. The Morgan fingerprint density at radius 3 is 2.38 bits per heavy atom. The molecule has 3 atom stereocenters. The van der Waals surface area contributed by atoms with E-state index in [1.54, 1.807) is 0 Å². The number of unbranched alkanes of at least 4 members (excludes halogenated alkanes) is 1. The molecule has 0 rings (SSSR count). The second-order valence-electron chi connectivity index (χ2n) is 3.67. The van der Waals surface area contributed by atoms with E-state index < -0.39 is 17.7 Å². The Balaban J connectivity index is 0. The van der Waals surface area contributed by atoms with Crippen LogP contribution >= 0.6 is 8.58 Å². The first kappa shape index (κ1) is 18.9. The zero-order valence-electron chi connectivity index (χ0n) is 9.19. The molecular formula is C10H20NaO4P. The number of hydrogen-bond donors (Lipinski definition) is 2. The van der Waals surface area contributed by atoms with Crippen molar-refractivity contribution in [2.24, 2.45) is 5.92 Å². The number of carboxylic acid groups (broad SMARTS) is 1. The third-order valence-electron chi connectivity index (χ3n) is 2.07. The van der Waals surface area contributed by atoms with E-state index in [0.717, 1.165) is 12.8 Å². The fourth-order valence-electron chi connectivity index (χ4n) is 1.08. The maximum absolute atomic E-state index is 11.3. The molecule has 0 bridgehead atoms. The Bertz CT molecular complexity index is 223. The van der Waals surface area contributed by atoms with Crippen LogP contribution in [0.3, 0.4) is 0 Å². The predicted octanol–water partition coefficient (Wildman–Crippen LogP) is 1.16. The summed E-state index contributed by atoms with van der Waals surface area (Å²) in [7, 11) is -0.172. The van der Waals surface area contributed by atoms with Crippen LogP contribution in [-0.4, -0.2) is 57.1 Å². The fourth-order valence-corrected chi connectivity index (χ4v) is 2.22. The number of hydrogen-bond acceptors (Lipinski definition) is 3. The molecule has 0 saturated carbocycles. The van der Waals surface area contributed by atoms with Crippen molar-refractivity contribution in [3.63, 3.8) is 0 Å². The monoisotopic (exact) mass is 258 g/mol. The van der Waals surface area contributed by atoms with Crippen molar-refractivity contribution in [2.75, 3.05) is 0 Å². The third-order valence-corrected chi connectivity index (χ3v) is 3.22. The van der Waals surface area contributed by atoms with Crippen LogP contribution in [0.25, 0.3) is 0 Å². The van der Waals surface area contributed by atoms with Gasteiger partial charge in [0.2, 0.25) is 0 Å². The van der Waals surface area contributed by atoms with Crippen molar-refractivity contribution in [1.82, 2.24) is 0 Å². The van der Waals surface area contributed by atoms with E-state index in [1.807, 2.05) is 6.92 Å². The standard InChI is InChI=1S/C10H19O4P.Na.H/c1-3-4-5-8(11)15-9(12)6-7(2)10(13)14;;/h7-8,11,15H,3-6H2,1-2H3,(H,13,14);;. The first-order valence-electron chi connectivity index (χ1n) is 5.17. The van der Waals surface area contributed by atoms with Gasteiger partial charge in [-0.15, -0.1) is 0 Å². The normalized spacial score (nSPS) is 14.4. The Morgan fingerprint density at radius 1 is 1.38 bits per heavy atom. The molecule has 0 amide bonds. The number of carbonyl (C=O) groups excluding carboxylic acids is 1. The molecule has 0 aromatic heterocycles. The topological polar surface area (TPSA) is 74.6 Å². The van der Waals surface area contributed by atoms with Crippen LogP contribution in [0.5, 0.6) is 0 Å². The molecule has 4 nitrogen and oxygen atoms in total. The van der Waals surface area contributed by atoms with Crippen molar-refractivity contribution in [3.05, 3.63) is 0 Å². The Morgan fingerprint density at radius 2 is 1.94 bits per heavy atom. The number of aliphatic carboxylic acids is 1. The van der Waals surface area contributed by atoms with Gasteiger partial charge < -0.3 is 10.2 Å². The third kappa shape index (κ3) is 9.73. The van der Waals surface area contributed by atoms with Crippen molar-refractivity contribution >= 4 is 49.6 Å². The summed E-state index contributed by atoms with van der Waals surface area (Å²) in [5, 5.41) is 18.0. The number of aliphatic hydroxyl groups excluding tert-OH is 1. The first-order valence-corrected chi connectivity index (χ1v) is 6.25. The molecule has 6 heteroatoms. The average molecular weight is 258 g/mol. The quantitative estimate of drug-likeness (QED) is 0.506. The molecule has 0 saturated heterocycles. The summed E-state index contributed by atoms with van der Waals surface area (Å²) in [5.41, 5.74) is -0.145. The van der Waals surface area contributed by atoms with Crippen LogP contribution in [0.2, 0.25) is 0 Å². The summed E-state index contributed by atoms with van der Waals surface area (Å²) in [4.78, 5) is 21.8. The van der Waals surface area contributed by atoms with Gasteiger partial charge in [-0.1, -0.05) is 26.7 Å². The molecule has 0 spiro atoms. The zero-order valence-corrected chi connectivity index (χ0v) is 10.2. The molecule has 0 aliphatic heterocycles. The summed E-state index contributed by atoms with van der Waals surface area (Å²) >= 11 is 0. The number of rotatable bonds is 8. The van der Waals surface area contributed by atoms with Gasteiger partial charge in [0.1, 0.15) is 0 Å². The molecule has 90 valence electrons. The van der Waals surface area contributed by atoms with E-state index in [4.69, 9.17) is 5.11 Å². The number of aliphatic hydroxyl groups is 1. The molecule has 2 N–H and O–H groups in total. The van der Waals surface area contributed by atoms with Crippen LogP contribution in [0.1, 0.15) is 39.5 Å². The van der Waals surface area contributed by atoms with Crippen LogP contribution in [0, 0.1) is 5.92 Å². The first-order chi connectivity index (χ1) is 6.97. The van der Waals surface area contributed by atoms with Gasteiger partial charge in [-0.3, -0.25) is 9.59 Å². The van der Waals surface area contributed by atoms with E-state index in [-0.39, 0.29) is 50.1 Å². The Kier molecular flexibility index (Phi) is 12.6. The minimum absolute atomic E-state index is 0. The average Bonchev–Trinajstić information content (AvgIpc) is 2.14. The number of carboxylic acids is 1. The van der Waals surface area contributed by atoms with Gasteiger partial charge in [0, 0.05) is 6.42 Å². The van der Waals surface area contributed by atoms with Crippen molar-refractivity contribution in [2.45, 2.75) is 45.4 Å². The molecular weight excluding hydrogens is 238 g/mol. The van der Waals surface area contributed by atoms with Crippen molar-refractivity contribution in [3.8, 4) is 0 Å². The van der Waals surface area contributed by atoms with Crippen molar-refractivity contribution in [1.29, 1.82) is 0 Å². The van der Waals surface area contributed by atoms with Gasteiger partial charge in [0.05, 0.1) is 11.8 Å². The molecule has 0 aromatic rings. The molecule has 3 unspecified atom stereocenters. The van der Waals surface area contributed by atoms with Gasteiger partial charge in [-0.2, -0.15) is 0 Å². The van der Waals surface area contributed by atoms with Gasteiger partial charge in [0.25, 0.3) is 0 Å². The van der Waals surface area contributed by atoms with Gasteiger partial charge in [-0.05, 0) is 15.0 Å². The summed E-state index contributed by atoms with van der Waals surface area (Å²) in [6.45, 7) is 3.52. The Hall–Kier alpha value is 0.530. The SMILES string of the molecule is CCCCC(O)PC(=O)CC(C)C(=O)O.[NaH]. The maximum atomic E-state index is 11.3. The Labute approximate surface area is 120 Å². The molecule has 0 radical (unpaired) electrons. The van der Waals surface area contributed by atoms with E-state index in [0.29, 0.717) is 6.42 Å². The van der Waals surface area contributed by atoms with Gasteiger partial charge >= 0.3 is 35.5 Å². The molecule has 0 aliphatic carbocycles. The summed E-state index contributed by atoms with van der Waals surface area (Å²) in [6, 6.07) is 0. The molecule has 0 aromatic carbocycles. The van der Waals surface area contributed by atoms with Gasteiger partial charge in [0.15, 0.2) is 5.52 Å². The van der Waals surface area contributed by atoms with Crippen LogP contribution in [-0.2, 0) is 9.59 Å². The van der Waals surface area contributed by atoms with Crippen LogP contribution < -0.4 is 0 Å². The van der Waals surface area contributed by atoms with Crippen LogP contribution in [0.4, 0.5) is 0 Å². The second kappa shape index (κ2) is 10.7. The predicted molar refractivity (Wildman–Crippen MR) is 67.4 cm³/mol. The molecule has 16 heavy (non-hydrogen) atoms. The van der Waals surface area contributed by atoms with E-state index >= 15 is 0 Å². The van der Waals surface area contributed by atoms with Crippen molar-refractivity contribution < 1.29 is 19.8 Å². The van der Waals surface area contributed by atoms with Crippen LogP contribution in [0.15, 0.2) is 0 Å². The van der Waals surface area contributed by atoms with E-state index in [9.17, 15) is 14.7 Å². The molecule has 0 aliphatic rings. The fraction of sp³-hybridized carbons (Fsp3) is 0.800. The number of carbonyl (C=O) groups is 2. The molecule has 0 heterocycles. The summed E-state index contributed by atoms with van der Waals surface area (Å²) < 4.78 is 0. The van der Waals surface area contributed by atoms with Gasteiger partial charge in [-0.25, -0.2) is 0 Å². The van der Waals surface area contributed by atoms with E-state index in [2.05, 4.69) is 0 Å². The zero-order chi connectivity index (χ0) is 11.8. The summed E-state index contributed by atoms with van der Waals surface area (Å²) in [6.07, 6.45) is 2.54. The second-order valence-corrected chi connectivity index (χ2v) is 5.18. The van der Waals surface area contributed by atoms with E-state index in [1.165, 1.54) is 6.92 Å². The summed E-state index contributed by atoms with van der Waals surface area (Å²) in [5.74, 6) is -2.20.